The van der Waals surface area contributed by atoms with Crippen molar-refractivity contribution in [1.82, 2.24) is 5.43 Å². The Bertz CT molecular complexity index is 876. The topological polar surface area (TPSA) is 50.7 Å². The van der Waals surface area contributed by atoms with E-state index in [1.807, 2.05) is 42.5 Å². The summed E-state index contributed by atoms with van der Waals surface area (Å²) in [5.41, 5.74) is 4.94. The number of carbonyl (C=O) groups is 1. The molecule has 0 aromatic heterocycles. The predicted octanol–water partition coefficient (Wildman–Crippen LogP) is 4.68. The Morgan fingerprint density at radius 2 is 1.65 bits per heavy atom. The summed E-state index contributed by atoms with van der Waals surface area (Å²) in [6.07, 6.45) is 1.56. The van der Waals surface area contributed by atoms with Gasteiger partial charge in [0.1, 0.15) is 12.4 Å². The number of benzene rings is 3. The molecule has 0 aliphatic rings. The molecule has 0 aliphatic heterocycles. The van der Waals surface area contributed by atoms with Crippen LogP contribution in [0, 0.1) is 0 Å². The van der Waals surface area contributed by atoms with Crippen LogP contribution in [0.1, 0.15) is 21.5 Å². The van der Waals surface area contributed by atoms with E-state index in [0.717, 1.165) is 11.1 Å². The highest BCUT2D eigenvalue weighted by molar-refractivity contribution is 6.30. The second kappa shape index (κ2) is 8.83. The molecule has 0 heterocycles. The van der Waals surface area contributed by atoms with Gasteiger partial charge >= 0.3 is 0 Å². The molecule has 0 saturated carbocycles. The Hall–Kier alpha value is -3.11. The molecule has 3 aromatic carbocycles. The highest BCUT2D eigenvalue weighted by Gasteiger charge is 2.04. The molecule has 0 fully saturated rings. The summed E-state index contributed by atoms with van der Waals surface area (Å²) in [6.45, 7) is 0.484. The molecule has 3 rings (SSSR count). The number of rotatable bonds is 6. The molecule has 26 heavy (non-hydrogen) atoms. The first kappa shape index (κ1) is 17.7. The number of ether oxygens (including phenoxy) is 1. The van der Waals surface area contributed by atoms with E-state index in [0.29, 0.717) is 22.9 Å². The van der Waals surface area contributed by atoms with Crippen molar-refractivity contribution in [2.75, 3.05) is 0 Å². The van der Waals surface area contributed by atoms with Crippen molar-refractivity contribution in [1.29, 1.82) is 0 Å². The average molecular weight is 365 g/mol. The third-order valence-electron chi connectivity index (χ3n) is 3.61. The van der Waals surface area contributed by atoms with Crippen LogP contribution in [0.25, 0.3) is 0 Å². The lowest BCUT2D eigenvalue weighted by Crippen LogP contribution is -2.17. The molecule has 0 saturated heterocycles. The number of halogens is 1. The Kier molecular flexibility index (Phi) is 6.01. The Morgan fingerprint density at radius 3 is 2.35 bits per heavy atom. The molecule has 3 aromatic rings. The van der Waals surface area contributed by atoms with Gasteiger partial charge in [0.15, 0.2) is 0 Å². The fourth-order valence-corrected chi connectivity index (χ4v) is 2.35. The van der Waals surface area contributed by atoms with Gasteiger partial charge in [0.2, 0.25) is 0 Å². The van der Waals surface area contributed by atoms with Crippen molar-refractivity contribution in [3.8, 4) is 5.75 Å². The molecule has 130 valence electrons. The first-order valence-electron chi connectivity index (χ1n) is 8.06. The molecular formula is C21H17ClN2O2. The van der Waals surface area contributed by atoms with Gasteiger partial charge in [-0.15, -0.1) is 0 Å². The number of amides is 1. The van der Waals surface area contributed by atoms with Crippen LogP contribution in [0.15, 0.2) is 84.0 Å². The molecule has 0 unspecified atom stereocenters. The van der Waals surface area contributed by atoms with Crippen LogP contribution in [0.4, 0.5) is 0 Å². The third-order valence-corrected chi connectivity index (χ3v) is 3.87. The van der Waals surface area contributed by atoms with Crippen LogP contribution in [0.2, 0.25) is 5.02 Å². The number of nitrogens with zero attached hydrogens (tertiary/aromatic N) is 1. The molecule has 0 aliphatic carbocycles. The number of hydrogen-bond acceptors (Lipinski definition) is 3. The van der Waals surface area contributed by atoms with Crippen molar-refractivity contribution in [3.63, 3.8) is 0 Å². The van der Waals surface area contributed by atoms with Crippen LogP contribution in [-0.2, 0) is 6.61 Å². The summed E-state index contributed by atoms with van der Waals surface area (Å²) in [6, 6.07) is 24.0. The smallest absolute Gasteiger partial charge is 0.271 e. The molecule has 0 spiro atoms. The second-order valence-electron chi connectivity index (χ2n) is 5.55. The minimum Gasteiger partial charge on any atom is -0.489 e. The molecule has 4 nitrogen and oxygen atoms in total. The van der Waals surface area contributed by atoms with E-state index in [1.54, 1.807) is 42.6 Å². The van der Waals surface area contributed by atoms with E-state index in [2.05, 4.69) is 10.5 Å². The van der Waals surface area contributed by atoms with Gasteiger partial charge < -0.3 is 4.74 Å². The fraction of sp³-hybridized carbons (Fsp3) is 0.0476. The predicted molar refractivity (Wildman–Crippen MR) is 104 cm³/mol. The number of carbonyl (C=O) groups excluding carboxylic acids is 1. The third kappa shape index (κ3) is 5.19. The monoisotopic (exact) mass is 364 g/mol. The summed E-state index contributed by atoms with van der Waals surface area (Å²) in [5, 5.41) is 4.60. The van der Waals surface area contributed by atoms with Crippen LogP contribution in [0.3, 0.4) is 0 Å². The summed E-state index contributed by atoms with van der Waals surface area (Å²) in [4.78, 5) is 12.1. The number of hydrazone groups is 1. The lowest BCUT2D eigenvalue weighted by molar-refractivity contribution is 0.0955. The zero-order valence-electron chi connectivity index (χ0n) is 13.9. The molecule has 0 atom stereocenters. The standard InChI is InChI=1S/C21H17ClN2O2/c22-19-10-6-16(7-11-19)14-23-24-21(25)18-8-12-20(13-9-18)26-15-17-4-2-1-3-5-17/h1-14H,15H2,(H,24,25). The van der Waals surface area contributed by atoms with E-state index in [-0.39, 0.29) is 5.91 Å². The maximum Gasteiger partial charge on any atom is 0.271 e. The lowest BCUT2D eigenvalue weighted by atomic mass is 10.2. The molecule has 0 bridgehead atoms. The van der Waals surface area contributed by atoms with Crippen molar-refractivity contribution in [3.05, 3.63) is 101 Å². The van der Waals surface area contributed by atoms with E-state index < -0.39 is 0 Å². The summed E-state index contributed by atoms with van der Waals surface area (Å²) in [7, 11) is 0. The van der Waals surface area contributed by atoms with Crippen LogP contribution in [-0.4, -0.2) is 12.1 Å². The number of nitrogens with one attached hydrogen (secondary N) is 1. The lowest BCUT2D eigenvalue weighted by Gasteiger charge is -2.07. The molecular weight excluding hydrogens is 348 g/mol. The summed E-state index contributed by atoms with van der Waals surface area (Å²) in [5.74, 6) is 0.417. The zero-order valence-corrected chi connectivity index (χ0v) is 14.7. The normalized spacial score (nSPS) is 10.7. The molecule has 5 heteroatoms. The van der Waals surface area contributed by atoms with Gasteiger partial charge in [-0.3, -0.25) is 4.79 Å². The maximum absolute atomic E-state index is 12.1. The Balaban J connectivity index is 1.52. The van der Waals surface area contributed by atoms with E-state index >= 15 is 0 Å². The highest BCUT2D eigenvalue weighted by atomic mass is 35.5. The fourth-order valence-electron chi connectivity index (χ4n) is 2.22. The van der Waals surface area contributed by atoms with Gasteiger partial charge in [0.25, 0.3) is 5.91 Å². The van der Waals surface area contributed by atoms with Crippen LogP contribution < -0.4 is 10.2 Å². The van der Waals surface area contributed by atoms with Gasteiger partial charge in [-0.25, -0.2) is 5.43 Å². The highest BCUT2D eigenvalue weighted by Crippen LogP contribution is 2.14. The van der Waals surface area contributed by atoms with Crippen molar-refractivity contribution < 1.29 is 9.53 Å². The van der Waals surface area contributed by atoms with Crippen molar-refractivity contribution in [2.45, 2.75) is 6.61 Å². The maximum atomic E-state index is 12.1. The SMILES string of the molecule is O=C(NN=Cc1ccc(Cl)cc1)c1ccc(OCc2ccccc2)cc1. The van der Waals surface area contributed by atoms with E-state index in [4.69, 9.17) is 16.3 Å². The van der Waals surface area contributed by atoms with E-state index in [1.165, 1.54) is 0 Å². The molecule has 1 N–H and O–H groups in total. The van der Waals surface area contributed by atoms with Gasteiger partial charge in [-0.1, -0.05) is 54.1 Å². The average Bonchev–Trinajstić information content (AvgIpc) is 2.69. The second-order valence-corrected chi connectivity index (χ2v) is 5.99. The van der Waals surface area contributed by atoms with Gasteiger partial charge in [0, 0.05) is 10.6 Å². The van der Waals surface area contributed by atoms with Crippen molar-refractivity contribution in [2.24, 2.45) is 5.10 Å². The first-order chi connectivity index (χ1) is 12.7. The van der Waals surface area contributed by atoms with Crippen LogP contribution in [0.5, 0.6) is 5.75 Å². The van der Waals surface area contributed by atoms with E-state index in [9.17, 15) is 4.79 Å². The van der Waals surface area contributed by atoms with Crippen molar-refractivity contribution >= 4 is 23.7 Å². The zero-order chi connectivity index (χ0) is 18.2. The van der Waals surface area contributed by atoms with Gasteiger partial charge in [-0.2, -0.15) is 5.10 Å². The Morgan fingerprint density at radius 1 is 0.962 bits per heavy atom. The first-order valence-corrected chi connectivity index (χ1v) is 8.44. The minimum atomic E-state index is -0.287. The van der Waals surface area contributed by atoms with Gasteiger partial charge in [-0.05, 0) is 47.5 Å². The van der Waals surface area contributed by atoms with Crippen LogP contribution >= 0.6 is 11.6 Å². The van der Waals surface area contributed by atoms with Gasteiger partial charge in [0.05, 0.1) is 6.21 Å². The number of hydrogen-bond donors (Lipinski definition) is 1. The summed E-state index contributed by atoms with van der Waals surface area (Å²) >= 11 is 5.82. The molecule has 1 amide bonds. The minimum absolute atomic E-state index is 0.287. The quantitative estimate of drug-likeness (QED) is 0.510. The summed E-state index contributed by atoms with van der Waals surface area (Å²) < 4.78 is 5.70. The molecule has 0 radical (unpaired) electrons. The largest absolute Gasteiger partial charge is 0.489 e. The Labute approximate surface area is 157 Å².